The number of hydrogen-bond donors (Lipinski definition) is 0. The Morgan fingerprint density at radius 1 is 1.23 bits per heavy atom. The number of likely N-dealkylation sites (N-methyl/N-ethyl adjacent to an activating group) is 1. The van der Waals surface area contributed by atoms with Gasteiger partial charge < -0.3 is 4.90 Å². The first-order chi connectivity index (χ1) is 12.5. The van der Waals surface area contributed by atoms with Gasteiger partial charge in [-0.15, -0.1) is 11.3 Å². The largest absolute Gasteiger partial charge is 0.302 e. The number of rotatable bonds is 6. The topological polar surface area (TPSA) is 38.1 Å². The van der Waals surface area contributed by atoms with E-state index < -0.39 is 0 Å². The van der Waals surface area contributed by atoms with Crippen LogP contribution in [0.4, 0.5) is 0 Å². The van der Waals surface area contributed by atoms with Crippen molar-refractivity contribution in [1.82, 2.24) is 14.5 Å². The molecule has 1 aromatic carbocycles. The number of benzene rings is 1. The van der Waals surface area contributed by atoms with Crippen LogP contribution in [0, 0.1) is 13.8 Å². The molecule has 0 amide bonds. The number of aromatic nitrogens is 2. The molecule has 0 spiro atoms. The maximum absolute atomic E-state index is 13.2. The second kappa shape index (κ2) is 7.91. The van der Waals surface area contributed by atoms with E-state index in [0.29, 0.717) is 11.9 Å². The van der Waals surface area contributed by atoms with Gasteiger partial charge in [0.15, 0.2) is 0 Å². The molecule has 0 atom stereocenters. The van der Waals surface area contributed by atoms with Gasteiger partial charge in [-0.05, 0) is 50.2 Å². The Hall–Kier alpha value is -1.69. The third-order valence-electron chi connectivity index (χ3n) is 4.89. The highest BCUT2D eigenvalue weighted by atomic mass is 35.5. The van der Waals surface area contributed by atoms with Crippen molar-refractivity contribution in [3.63, 3.8) is 0 Å². The molecule has 0 saturated heterocycles. The number of nitrogens with zero attached hydrogens (tertiary/aromatic N) is 3. The lowest BCUT2D eigenvalue weighted by Gasteiger charge is -2.19. The first-order valence-electron chi connectivity index (χ1n) is 8.93. The molecule has 4 nitrogen and oxygen atoms in total. The van der Waals surface area contributed by atoms with Crippen LogP contribution in [-0.4, -0.2) is 34.1 Å². The van der Waals surface area contributed by atoms with E-state index in [-0.39, 0.29) is 5.56 Å². The van der Waals surface area contributed by atoms with Gasteiger partial charge in [0, 0.05) is 29.1 Å². The third kappa shape index (κ3) is 3.56. The predicted molar refractivity (Wildman–Crippen MR) is 112 cm³/mol. The van der Waals surface area contributed by atoms with Crippen molar-refractivity contribution in [2.45, 2.75) is 34.2 Å². The number of aryl methyl sites for hydroxylation is 2. The fraction of sp³-hybridized carbons (Fsp3) is 0.400. The van der Waals surface area contributed by atoms with Gasteiger partial charge in [0.1, 0.15) is 10.7 Å². The summed E-state index contributed by atoms with van der Waals surface area (Å²) in [7, 11) is 0. The van der Waals surface area contributed by atoms with Gasteiger partial charge in [-0.25, -0.2) is 4.98 Å². The molecule has 26 heavy (non-hydrogen) atoms. The van der Waals surface area contributed by atoms with Crippen LogP contribution in [0.2, 0.25) is 5.02 Å². The summed E-state index contributed by atoms with van der Waals surface area (Å²) in [6, 6.07) is 5.88. The Morgan fingerprint density at radius 3 is 2.62 bits per heavy atom. The van der Waals surface area contributed by atoms with Crippen molar-refractivity contribution < 1.29 is 0 Å². The fourth-order valence-corrected chi connectivity index (χ4v) is 4.30. The van der Waals surface area contributed by atoms with E-state index in [1.54, 1.807) is 4.57 Å². The Bertz CT molecular complexity index is 989. The first-order valence-corrected chi connectivity index (χ1v) is 10.2. The quantitative estimate of drug-likeness (QED) is 0.611. The van der Waals surface area contributed by atoms with Gasteiger partial charge in [0.2, 0.25) is 0 Å². The van der Waals surface area contributed by atoms with Crippen molar-refractivity contribution in [2.75, 3.05) is 19.6 Å². The van der Waals surface area contributed by atoms with Gasteiger partial charge in [0.25, 0.3) is 5.56 Å². The molecule has 0 saturated carbocycles. The SMILES string of the molecule is CCN(CC)CCn1c(C)nc2scc(-c3ccc(Cl)c(C)c3)c2c1=O. The van der Waals surface area contributed by atoms with Gasteiger partial charge in [-0.1, -0.05) is 31.5 Å². The number of thiophene rings is 1. The normalized spacial score (nSPS) is 11.6. The standard InChI is InChI=1S/C20H24ClN3OS/c1-5-23(6-2)9-10-24-14(4)22-19-18(20(24)25)16(12-26-19)15-7-8-17(21)13(3)11-15/h7-8,11-12H,5-6,9-10H2,1-4H3. The van der Waals surface area contributed by atoms with Crippen LogP contribution >= 0.6 is 22.9 Å². The lowest BCUT2D eigenvalue weighted by atomic mass is 10.0. The Morgan fingerprint density at radius 2 is 1.96 bits per heavy atom. The highest BCUT2D eigenvalue weighted by Crippen LogP contribution is 2.32. The average Bonchev–Trinajstić information content (AvgIpc) is 3.04. The summed E-state index contributed by atoms with van der Waals surface area (Å²) in [5, 5.41) is 3.47. The molecule has 0 aliphatic heterocycles. The van der Waals surface area contributed by atoms with Crippen molar-refractivity contribution in [3.05, 3.63) is 50.3 Å². The molecule has 0 aliphatic carbocycles. The number of hydrogen-bond acceptors (Lipinski definition) is 4. The molecular formula is C20H24ClN3OS. The van der Waals surface area contributed by atoms with Gasteiger partial charge in [-0.2, -0.15) is 0 Å². The molecular weight excluding hydrogens is 366 g/mol. The highest BCUT2D eigenvalue weighted by molar-refractivity contribution is 7.17. The molecule has 0 unspecified atom stereocenters. The lowest BCUT2D eigenvalue weighted by molar-refractivity contribution is 0.288. The molecule has 0 bridgehead atoms. The minimum absolute atomic E-state index is 0.0449. The van der Waals surface area contributed by atoms with E-state index in [2.05, 4.69) is 23.7 Å². The van der Waals surface area contributed by atoms with Gasteiger partial charge >= 0.3 is 0 Å². The summed E-state index contributed by atoms with van der Waals surface area (Å²) >= 11 is 7.68. The monoisotopic (exact) mass is 389 g/mol. The Kier molecular flexibility index (Phi) is 5.80. The van der Waals surface area contributed by atoms with Crippen LogP contribution in [0.25, 0.3) is 21.3 Å². The predicted octanol–water partition coefficient (Wildman–Crippen LogP) is 4.74. The van der Waals surface area contributed by atoms with Crippen LogP contribution < -0.4 is 5.56 Å². The van der Waals surface area contributed by atoms with Crippen molar-refractivity contribution in [2.24, 2.45) is 0 Å². The molecule has 0 fully saturated rings. The maximum atomic E-state index is 13.2. The molecule has 2 aromatic heterocycles. The van der Waals surface area contributed by atoms with E-state index in [0.717, 1.165) is 52.0 Å². The summed E-state index contributed by atoms with van der Waals surface area (Å²) < 4.78 is 1.81. The van der Waals surface area contributed by atoms with Crippen LogP contribution in [0.15, 0.2) is 28.4 Å². The molecule has 2 heterocycles. The average molecular weight is 390 g/mol. The van der Waals surface area contributed by atoms with E-state index in [1.807, 2.05) is 37.4 Å². The Balaban J connectivity index is 2.09. The summed E-state index contributed by atoms with van der Waals surface area (Å²) in [6.45, 7) is 11.6. The summed E-state index contributed by atoms with van der Waals surface area (Å²) in [6.07, 6.45) is 0. The first kappa shape index (κ1) is 19.1. The van der Waals surface area contributed by atoms with E-state index in [9.17, 15) is 4.79 Å². The van der Waals surface area contributed by atoms with Crippen molar-refractivity contribution >= 4 is 33.2 Å². The second-order valence-corrected chi connectivity index (χ2v) is 7.70. The zero-order valence-corrected chi connectivity index (χ0v) is 17.2. The summed E-state index contributed by atoms with van der Waals surface area (Å²) in [5.74, 6) is 0.773. The van der Waals surface area contributed by atoms with Crippen LogP contribution in [0.5, 0.6) is 0 Å². The molecule has 0 aliphatic rings. The molecule has 6 heteroatoms. The van der Waals surface area contributed by atoms with Crippen LogP contribution in [-0.2, 0) is 6.54 Å². The second-order valence-electron chi connectivity index (χ2n) is 6.44. The zero-order valence-electron chi connectivity index (χ0n) is 15.7. The Labute approximate surface area is 163 Å². The lowest BCUT2D eigenvalue weighted by Crippen LogP contribution is -2.32. The van der Waals surface area contributed by atoms with Crippen LogP contribution in [0.3, 0.4) is 0 Å². The highest BCUT2D eigenvalue weighted by Gasteiger charge is 2.16. The van der Waals surface area contributed by atoms with Crippen molar-refractivity contribution in [1.29, 1.82) is 0 Å². The summed E-state index contributed by atoms with van der Waals surface area (Å²) in [4.78, 5) is 21.0. The maximum Gasteiger partial charge on any atom is 0.262 e. The molecule has 3 aromatic rings. The van der Waals surface area contributed by atoms with Gasteiger partial charge in [0.05, 0.1) is 5.39 Å². The molecule has 0 N–H and O–H groups in total. The number of halogens is 1. The fourth-order valence-electron chi connectivity index (χ4n) is 3.20. The molecule has 138 valence electrons. The van der Waals surface area contributed by atoms with Crippen LogP contribution in [0.1, 0.15) is 25.2 Å². The summed E-state index contributed by atoms with van der Waals surface area (Å²) in [5.41, 5.74) is 3.00. The zero-order chi connectivity index (χ0) is 18.8. The molecule has 3 rings (SSSR count). The number of fused-ring (bicyclic) bond motifs is 1. The van der Waals surface area contributed by atoms with E-state index in [1.165, 1.54) is 11.3 Å². The minimum atomic E-state index is 0.0449. The van der Waals surface area contributed by atoms with E-state index >= 15 is 0 Å². The molecule has 0 radical (unpaired) electrons. The van der Waals surface area contributed by atoms with Gasteiger partial charge in [-0.3, -0.25) is 9.36 Å². The minimum Gasteiger partial charge on any atom is -0.302 e. The smallest absolute Gasteiger partial charge is 0.262 e. The van der Waals surface area contributed by atoms with E-state index in [4.69, 9.17) is 11.6 Å². The third-order valence-corrected chi connectivity index (χ3v) is 6.18. The van der Waals surface area contributed by atoms with Crippen molar-refractivity contribution in [3.8, 4) is 11.1 Å².